The Morgan fingerprint density at radius 3 is 0.879 bits per heavy atom. The molecule has 0 radical (unpaired) electrons. The second-order valence-corrected chi connectivity index (χ2v) is 32.4. The molecule has 0 saturated carbocycles. The number of nitrogens with zero attached hydrogens (tertiary/aromatic N) is 2. The molecular formula is C87H66N2Si2. The van der Waals surface area contributed by atoms with E-state index >= 15 is 0 Å². The number of benzene rings is 15. The van der Waals surface area contributed by atoms with E-state index in [2.05, 4.69) is 388 Å². The third-order valence-electron chi connectivity index (χ3n) is 19.5. The summed E-state index contributed by atoms with van der Waals surface area (Å²) >= 11 is 0. The van der Waals surface area contributed by atoms with Crippen LogP contribution < -0.4 is 51.3 Å². The lowest BCUT2D eigenvalue weighted by molar-refractivity contribution is 0.666. The van der Waals surface area contributed by atoms with E-state index in [1.807, 2.05) is 0 Å². The SMILES string of the molecule is CC1(C)c2cc(N(c3ccc([Si](c4ccccc4)(c4ccccc4)c4ccccc4)cc3)c3ccc4ccccc4c3)ccc2-c2ccc3cc(N(c4ccc([Si](c5ccccc5)(c5ccccc5)c5ccccc5)cc4)c4ccc5ccccc5c4)ccc3c21. The van der Waals surface area contributed by atoms with E-state index in [4.69, 9.17) is 0 Å². The molecule has 91 heavy (non-hydrogen) atoms. The van der Waals surface area contributed by atoms with Crippen molar-refractivity contribution in [1.29, 1.82) is 0 Å². The molecule has 15 aromatic rings. The average Bonchev–Trinajstić information content (AvgIpc) is 1.61. The fraction of sp³-hybridized carbons (Fsp3) is 0.0345. The molecule has 0 spiro atoms. The van der Waals surface area contributed by atoms with Crippen molar-refractivity contribution in [3.05, 3.63) is 375 Å². The lowest BCUT2D eigenvalue weighted by atomic mass is 9.80. The monoisotopic (exact) mass is 1190 g/mol. The zero-order valence-corrected chi connectivity index (χ0v) is 53.0. The van der Waals surface area contributed by atoms with E-state index < -0.39 is 16.1 Å². The number of rotatable bonds is 14. The Morgan fingerprint density at radius 1 is 0.220 bits per heavy atom. The quantitative estimate of drug-likeness (QED) is 0.0791. The van der Waals surface area contributed by atoms with E-state index in [0.29, 0.717) is 0 Å². The molecular weight excluding hydrogens is 1130 g/mol. The Bertz CT molecular complexity index is 4920. The number of anilines is 6. The molecule has 1 aliphatic rings. The fourth-order valence-corrected chi connectivity index (χ4v) is 24.8. The second-order valence-electron chi connectivity index (χ2n) is 24.8. The molecule has 2 nitrogen and oxygen atoms in total. The summed E-state index contributed by atoms with van der Waals surface area (Å²) in [5.74, 6) is 0. The first-order valence-electron chi connectivity index (χ1n) is 31.7. The van der Waals surface area contributed by atoms with Crippen molar-refractivity contribution < 1.29 is 0 Å². The lowest BCUT2D eigenvalue weighted by Gasteiger charge is -2.35. The van der Waals surface area contributed by atoms with Gasteiger partial charge in [-0.15, -0.1) is 0 Å². The highest BCUT2D eigenvalue weighted by molar-refractivity contribution is 7.20. The molecule has 432 valence electrons. The summed E-state index contributed by atoms with van der Waals surface area (Å²) in [5.41, 5.74) is 11.6. The standard InChI is InChI=1S/C87H66N2Si2/c1-87(2)85-62-73(89(71-45-42-64-26-22-24-28-66(64)60-71)69-48-54-81(55-49-69)91(77-35-15-6-16-36-77,78-37-17-7-18-38-78)79-39-19-8-20-40-79)51-58-83(85)84-56-43-67-61-72(50-57-82(67)86(84)87)88(70-44-41-63-25-21-23-27-65(63)59-70)68-46-52-80(53-47-68)90(74-29-9-3-10-30-74,75-31-11-4-12-32-75)76-33-13-5-14-34-76/h3-62H,1-2H3. The van der Waals surface area contributed by atoms with Crippen LogP contribution >= 0.6 is 0 Å². The van der Waals surface area contributed by atoms with E-state index in [0.717, 1.165) is 34.1 Å². The smallest absolute Gasteiger partial charge is 0.179 e. The van der Waals surface area contributed by atoms with Crippen LogP contribution in [0.2, 0.25) is 0 Å². The molecule has 0 aliphatic heterocycles. The molecule has 0 amide bonds. The summed E-state index contributed by atoms with van der Waals surface area (Å²) in [5, 5.41) is 18.2. The minimum absolute atomic E-state index is 0.326. The van der Waals surface area contributed by atoms with Crippen molar-refractivity contribution in [2.75, 3.05) is 9.80 Å². The maximum absolute atomic E-state index is 2.76. The van der Waals surface area contributed by atoms with Crippen LogP contribution in [0, 0.1) is 0 Å². The van der Waals surface area contributed by atoms with Gasteiger partial charge in [-0.3, -0.25) is 0 Å². The van der Waals surface area contributed by atoms with E-state index in [9.17, 15) is 0 Å². The molecule has 16 rings (SSSR count). The molecule has 0 N–H and O–H groups in total. The van der Waals surface area contributed by atoms with E-state index in [1.165, 1.54) is 96.1 Å². The summed E-state index contributed by atoms with van der Waals surface area (Å²) in [7, 11) is -5.52. The van der Waals surface area contributed by atoms with Gasteiger partial charge in [-0.2, -0.15) is 0 Å². The molecule has 15 aromatic carbocycles. The Kier molecular flexibility index (Phi) is 14.0. The topological polar surface area (TPSA) is 6.48 Å². The molecule has 1 aliphatic carbocycles. The molecule has 0 saturated heterocycles. The van der Waals surface area contributed by atoms with Gasteiger partial charge in [-0.25, -0.2) is 0 Å². The lowest BCUT2D eigenvalue weighted by Crippen LogP contribution is -2.74. The third kappa shape index (κ3) is 9.37. The van der Waals surface area contributed by atoms with Crippen LogP contribution in [0.3, 0.4) is 0 Å². The summed E-state index contributed by atoms with van der Waals surface area (Å²) in [6.45, 7) is 4.86. The van der Waals surface area contributed by atoms with Crippen molar-refractivity contribution in [2.24, 2.45) is 0 Å². The first kappa shape index (κ1) is 55.4. The van der Waals surface area contributed by atoms with Crippen LogP contribution in [0.25, 0.3) is 43.4 Å². The van der Waals surface area contributed by atoms with E-state index in [1.54, 1.807) is 0 Å². The van der Waals surface area contributed by atoms with E-state index in [-0.39, 0.29) is 5.41 Å². The van der Waals surface area contributed by atoms with Gasteiger partial charge < -0.3 is 9.80 Å². The van der Waals surface area contributed by atoms with Crippen molar-refractivity contribution in [2.45, 2.75) is 19.3 Å². The Balaban J connectivity index is 0.804. The first-order chi connectivity index (χ1) is 44.9. The Labute approximate surface area is 535 Å². The maximum Gasteiger partial charge on any atom is 0.179 e. The highest BCUT2D eigenvalue weighted by Gasteiger charge is 2.43. The van der Waals surface area contributed by atoms with Crippen LogP contribution in [0.1, 0.15) is 25.0 Å². The van der Waals surface area contributed by atoms with Gasteiger partial charge in [0.1, 0.15) is 0 Å². The summed E-state index contributed by atoms with van der Waals surface area (Å²) in [4.78, 5) is 4.92. The van der Waals surface area contributed by atoms with Crippen LogP contribution in [0.5, 0.6) is 0 Å². The van der Waals surface area contributed by atoms with Crippen molar-refractivity contribution in [3.63, 3.8) is 0 Å². The number of hydrogen-bond acceptors (Lipinski definition) is 2. The molecule has 0 unspecified atom stereocenters. The zero-order valence-electron chi connectivity index (χ0n) is 51.0. The Hall–Kier alpha value is -10.9. The highest BCUT2D eigenvalue weighted by atomic mass is 28.3. The highest BCUT2D eigenvalue weighted by Crippen LogP contribution is 2.54. The van der Waals surface area contributed by atoms with Crippen LogP contribution in [-0.4, -0.2) is 16.1 Å². The predicted octanol–water partition coefficient (Wildman–Crippen LogP) is 17.1. The Morgan fingerprint density at radius 2 is 0.495 bits per heavy atom. The van der Waals surface area contributed by atoms with Gasteiger partial charge in [0.05, 0.1) is 0 Å². The normalized spacial score (nSPS) is 12.6. The first-order valence-corrected chi connectivity index (χ1v) is 35.7. The van der Waals surface area contributed by atoms with Gasteiger partial charge >= 0.3 is 0 Å². The van der Waals surface area contributed by atoms with Gasteiger partial charge in [0.25, 0.3) is 0 Å². The van der Waals surface area contributed by atoms with Gasteiger partial charge in [0.15, 0.2) is 16.1 Å². The van der Waals surface area contributed by atoms with Crippen molar-refractivity contribution >= 4 is 124 Å². The molecule has 0 bridgehead atoms. The fourth-order valence-electron chi connectivity index (χ4n) is 15.3. The molecule has 0 aromatic heterocycles. The average molecular weight is 1200 g/mol. The summed E-state index contributed by atoms with van der Waals surface area (Å²) < 4.78 is 0. The van der Waals surface area contributed by atoms with Crippen molar-refractivity contribution in [3.8, 4) is 11.1 Å². The maximum atomic E-state index is 2.48. The molecule has 0 heterocycles. The largest absolute Gasteiger partial charge is 0.310 e. The molecule has 0 fully saturated rings. The van der Waals surface area contributed by atoms with Crippen LogP contribution in [-0.2, 0) is 5.41 Å². The minimum Gasteiger partial charge on any atom is -0.310 e. The van der Waals surface area contributed by atoms with Crippen LogP contribution in [0.15, 0.2) is 364 Å². The van der Waals surface area contributed by atoms with Crippen LogP contribution in [0.4, 0.5) is 34.1 Å². The summed E-state index contributed by atoms with van der Waals surface area (Å²) in [6.07, 6.45) is 0. The minimum atomic E-state index is -2.76. The van der Waals surface area contributed by atoms with Gasteiger partial charge in [0.2, 0.25) is 0 Å². The molecule has 4 heteroatoms. The van der Waals surface area contributed by atoms with Gasteiger partial charge in [0, 0.05) is 39.5 Å². The number of fused-ring (bicyclic) bond motifs is 7. The molecule has 0 atom stereocenters. The van der Waals surface area contributed by atoms with Gasteiger partial charge in [-0.05, 0) is 169 Å². The third-order valence-corrected chi connectivity index (χ3v) is 29.0. The number of hydrogen-bond donors (Lipinski definition) is 0. The van der Waals surface area contributed by atoms with Crippen molar-refractivity contribution in [1.82, 2.24) is 0 Å². The zero-order chi connectivity index (χ0) is 60.9. The second kappa shape index (κ2) is 22.9. The van der Waals surface area contributed by atoms with Gasteiger partial charge in [-0.1, -0.05) is 305 Å². The summed E-state index contributed by atoms with van der Waals surface area (Å²) in [6, 6.07) is 137. The predicted molar refractivity (Wildman–Crippen MR) is 393 cm³/mol.